The minimum atomic E-state index is -0.129. The zero-order valence-corrected chi connectivity index (χ0v) is 83.5. The van der Waals surface area contributed by atoms with Crippen molar-refractivity contribution in [1.82, 2.24) is 141 Å². The quantitative estimate of drug-likeness (QED) is 0.0715. The number of piperidine rings is 4. The van der Waals surface area contributed by atoms with Crippen LogP contribution in [0, 0.1) is 48.5 Å². The third kappa shape index (κ3) is 20.5. The first-order valence-electron chi connectivity index (χ1n) is 49.5. The molecule has 1 aromatic carbocycles. The molecule has 145 heavy (non-hydrogen) atoms. The Kier molecular flexibility index (Phi) is 26.6. The first-order chi connectivity index (χ1) is 70.1. The molecule has 0 spiro atoms. The Bertz CT molecular complexity index is 8500. The molecule has 740 valence electrons. The predicted octanol–water partition coefficient (Wildman–Crippen LogP) is 11.7. The summed E-state index contributed by atoms with van der Waals surface area (Å²) in [5.41, 5.74) is 30.1. The van der Waals surface area contributed by atoms with Crippen molar-refractivity contribution in [2.75, 3.05) is 99.8 Å². The second-order valence-electron chi connectivity index (χ2n) is 38.8. The number of benzene rings is 1. The number of fused-ring (bicyclic) bond motifs is 10. The first kappa shape index (κ1) is 95.6. The van der Waals surface area contributed by atoms with Gasteiger partial charge in [0.1, 0.15) is 34.1 Å². The summed E-state index contributed by atoms with van der Waals surface area (Å²) >= 11 is 6.38. The largest absolute Gasteiger partial charge is 0.370 e. The monoisotopic (exact) mass is 1960 g/mol. The van der Waals surface area contributed by atoms with E-state index in [4.69, 9.17) is 27.3 Å². The van der Waals surface area contributed by atoms with Crippen molar-refractivity contribution in [3.8, 4) is 56.5 Å². The number of anilines is 3. The van der Waals surface area contributed by atoms with Gasteiger partial charge < -0.3 is 50.5 Å². The van der Waals surface area contributed by atoms with Crippen LogP contribution in [0.3, 0.4) is 0 Å². The fourth-order valence-electron chi connectivity index (χ4n) is 20.0. The van der Waals surface area contributed by atoms with E-state index in [1.165, 1.54) is 0 Å². The molecule has 20 aromatic rings. The van der Waals surface area contributed by atoms with Crippen LogP contribution >= 0.6 is 11.6 Å². The van der Waals surface area contributed by atoms with E-state index < -0.39 is 0 Å². The van der Waals surface area contributed by atoms with E-state index in [-0.39, 0.29) is 33.3 Å². The molecule has 0 amide bonds. The van der Waals surface area contributed by atoms with Gasteiger partial charge >= 0.3 is 0 Å². The molecule has 0 bridgehead atoms. The van der Waals surface area contributed by atoms with Crippen molar-refractivity contribution in [3.63, 3.8) is 0 Å². The first-order valence-corrected chi connectivity index (χ1v) is 49.9. The smallest absolute Gasteiger partial charge is 0.258 e. The van der Waals surface area contributed by atoms with Gasteiger partial charge in [-0.2, -0.15) is 15.3 Å². The Morgan fingerprint density at radius 2 is 0.903 bits per heavy atom. The van der Waals surface area contributed by atoms with E-state index in [1.807, 2.05) is 192 Å². The number of nitrogens with zero attached hydrogens (tertiary/aromatic N) is 28. The number of hydrogen-bond acceptors (Lipinski definition) is 28. The molecule has 0 atom stereocenters. The highest BCUT2D eigenvalue weighted by molar-refractivity contribution is 6.33. The predicted molar refractivity (Wildman–Crippen MR) is 563 cm³/mol. The third-order valence-electron chi connectivity index (χ3n) is 27.8. The van der Waals surface area contributed by atoms with Crippen LogP contribution < -0.4 is 69.5 Å². The lowest BCUT2D eigenvalue weighted by molar-refractivity contribution is 0.364. The van der Waals surface area contributed by atoms with Crippen molar-refractivity contribution < 1.29 is 0 Å². The standard InChI is InChI=1S/C25H31N7O.C22H25N7O.C20H19ClN6O.C20H20N6O.C19H19N7O/c1-5-8-26-19-6-9-30(10-7-19)20-11-16(2)25-28-21(13-24(33)31(25)15-20)22-12-23-18(4)27-17(3)14-32(23)29-22;1-14-12-29-19(15(2)24-14)10-18(26-29)17-11-21(30)28-13-16(4-5-20(28)25-17)27-8-6-22(3,23)7-9-27;1-12-9-26-10-14(6-15(21)20(26)24-12)16-7-19(28)27-11-17(23-8-18(27)25-16)13-2-4-22-5-3-13;1-13-10-25-11-15(2-3-18(25)23-13)16-8-20(27)26-12-17(22-9-19(26)24-16)14-4-6-21-7-5-14;1-24-11-14-8-13(2-3-15(14)23-24)16-9-19(27)26-12-18(21-10-17(26)22-16)25-6-4-20-5-7-25/h11-15,19,26H,5-10H2,1-4H3;4-5,10-13H,6-9,23H2,1-3H3;6-11,13,22H,2-5H2,1H3;2-3,8-12,14,21H,4-7H2,1H3;2-3,8-12,20H,4-7H2,1H3. The van der Waals surface area contributed by atoms with Crippen LogP contribution in [0.2, 0.25) is 5.02 Å². The maximum absolute atomic E-state index is 13.1. The Morgan fingerprint density at radius 1 is 0.407 bits per heavy atom. The van der Waals surface area contributed by atoms with Crippen molar-refractivity contribution in [1.29, 1.82) is 0 Å². The van der Waals surface area contributed by atoms with Crippen molar-refractivity contribution >= 4 is 90.3 Å². The lowest BCUT2D eigenvalue weighted by Gasteiger charge is -2.38. The molecule has 24 heterocycles. The van der Waals surface area contributed by atoms with Crippen molar-refractivity contribution in [2.45, 2.75) is 144 Å². The fourth-order valence-corrected chi connectivity index (χ4v) is 20.2. The van der Waals surface area contributed by atoms with E-state index in [0.717, 1.165) is 255 Å². The van der Waals surface area contributed by atoms with Gasteiger partial charge in [-0.25, -0.2) is 48.9 Å². The zero-order valence-electron chi connectivity index (χ0n) is 82.7. The van der Waals surface area contributed by atoms with E-state index in [9.17, 15) is 24.0 Å². The summed E-state index contributed by atoms with van der Waals surface area (Å²) in [5, 5.41) is 28.8. The van der Waals surface area contributed by atoms with Gasteiger partial charge in [-0.3, -0.25) is 70.6 Å². The molecule has 38 nitrogen and oxygen atoms in total. The lowest BCUT2D eigenvalue weighted by Crippen LogP contribution is -2.48. The van der Waals surface area contributed by atoms with Crippen LogP contribution in [0.4, 0.5) is 17.2 Å². The van der Waals surface area contributed by atoms with Crippen molar-refractivity contribution in [3.05, 3.63) is 298 Å². The second kappa shape index (κ2) is 40.3. The summed E-state index contributed by atoms with van der Waals surface area (Å²) in [4.78, 5) is 126. The van der Waals surface area contributed by atoms with E-state index >= 15 is 0 Å². The lowest BCUT2D eigenvalue weighted by atomic mass is 9.91. The molecule has 5 fully saturated rings. The molecule has 0 saturated carbocycles. The Hall–Kier alpha value is -15.6. The molecule has 0 radical (unpaired) electrons. The number of pyridine rings is 4. The maximum Gasteiger partial charge on any atom is 0.258 e. The number of rotatable bonds is 13. The molecule has 6 N–H and O–H groups in total. The summed E-state index contributed by atoms with van der Waals surface area (Å²) < 4.78 is 17.2. The number of nitrogens with two attached hydrogens (primary N) is 1. The van der Waals surface area contributed by atoms with Gasteiger partial charge in [-0.1, -0.05) is 24.6 Å². The Labute approximate surface area is 836 Å². The highest BCUT2D eigenvalue weighted by atomic mass is 35.5. The summed E-state index contributed by atoms with van der Waals surface area (Å²) in [7, 11) is 1.89. The highest BCUT2D eigenvalue weighted by Crippen LogP contribution is 2.33. The van der Waals surface area contributed by atoms with Crippen LogP contribution in [0.15, 0.2) is 214 Å². The highest BCUT2D eigenvalue weighted by Gasteiger charge is 2.29. The van der Waals surface area contributed by atoms with Gasteiger partial charge in [0.15, 0.2) is 22.6 Å². The molecule has 19 aromatic heterocycles. The molecule has 0 unspecified atom stereocenters. The van der Waals surface area contributed by atoms with Gasteiger partial charge in [0.2, 0.25) is 0 Å². The number of aromatic nitrogens is 25. The van der Waals surface area contributed by atoms with Crippen LogP contribution in [0.25, 0.3) is 118 Å². The topological polar surface area (TPSA) is 407 Å². The molecule has 5 aliphatic heterocycles. The number of imidazole rings is 2. The fraction of sp³-hybridized carbons (Fsp3) is 0.340. The molecule has 25 rings (SSSR count). The molecular weight excluding hydrogens is 1850 g/mol. The van der Waals surface area contributed by atoms with Crippen LogP contribution in [-0.2, 0) is 7.05 Å². The Balaban J connectivity index is 0.000000107. The average Bonchev–Trinajstić information content (AvgIpc) is 1.67. The van der Waals surface area contributed by atoms with Gasteiger partial charge in [-0.15, -0.1) is 0 Å². The molecule has 39 heteroatoms. The summed E-state index contributed by atoms with van der Waals surface area (Å²) in [6, 6.07) is 29.9. The average molecular weight is 1970 g/mol. The molecule has 5 saturated heterocycles. The van der Waals surface area contributed by atoms with E-state index in [0.29, 0.717) is 96.6 Å². The number of nitrogens with one attached hydrogen (secondary N) is 4. The number of hydrogen-bond donors (Lipinski definition) is 5. The van der Waals surface area contributed by atoms with Crippen molar-refractivity contribution in [2.24, 2.45) is 12.8 Å². The van der Waals surface area contributed by atoms with Gasteiger partial charge in [0, 0.05) is 191 Å². The molecule has 5 aliphatic rings. The van der Waals surface area contributed by atoms with Gasteiger partial charge in [0.05, 0.1) is 144 Å². The SMILES string of the molecule is CCCNC1CCN(c2cc(C)c3nc(-c4cc5c(C)nc(C)cn5n4)cc(=O)n3c2)CC1.Cc1cn2cc(-c3cc(=O)n4cc(C5CCNCC5)ncc4n3)cc(Cl)c2n1.Cc1cn2cc(-c3cc(=O)n4cc(C5CCNCC5)ncc4n3)ccc2n1.Cc1cn2nc(-c3cc(=O)n4cc(N5CCC(C)(N)CC5)ccc4n3)cc2c(C)n1.Cn1cc2cc(-c3cc(=O)n4cc(N5CCNCC5)ncc4n3)ccc2n1. The third-order valence-corrected chi connectivity index (χ3v) is 28.0. The van der Waals surface area contributed by atoms with Crippen LogP contribution in [-0.4, -0.2) is 216 Å². The van der Waals surface area contributed by atoms with Gasteiger partial charge in [0.25, 0.3) is 27.8 Å². The van der Waals surface area contributed by atoms with Crippen LogP contribution in [0.1, 0.15) is 135 Å². The number of piperazine rings is 1. The number of halogens is 1. The Morgan fingerprint density at radius 3 is 1.52 bits per heavy atom. The summed E-state index contributed by atoms with van der Waals surface area (Å²) in [6.45, 7) is 30.3. The van der Waals surface area contributed by atoms with Crippen LogP contribution in [0.5, 0.6) is 0 Å². The summed E-state index contributed by atoms with van der Waals surface area (Å²) in [5.74, 6) is 1.58. The zero-order chi connectivity index (χ0) is 100. The maximum atomic E-state index is 13.1. The van der Waals surface area contributed by atoms with Gasteiger partial charge in [-0.05, 0) is 212 Å². The molecule has 0 aliphatic carbocycles. The molecular formula is C106H114ClN33O5. The summed E-state index contributed by atoms with van der Waals surface area (Å²) in [6.07, 6.45) is 37.1. The second-order valence-corrected chi connectivity index (χ2v) is 39.2. The minimum Gasteiger partial charge on any atom is -0.370 e. The minimum absolute atomic E-state index is 0.0884. The number of aryl methyl sites for hydroxylation is 8. The van der Waals surface area contributed by atoms with E-state index in [2.05, 4.69) is 121 Å². The van der Waals surface area contributed by atoms with E-state index in [1.54, 1.807) is 92.4 Å². The normalized spacial score (nSPS) is 15.5.